The molecule has 6 nitrogen and oxygen atoms in total. The standard InChI is InChI=1S/C14H12ClFN4O2S/c15-9-4-17-14(18-12(9)21)20-6-7-3-8(20)5-19(7)13(22)11-10(16)1-2-23-11/h1-2,4,7-8H,3,5-6H2,(H,17,18,21)/t7-,8-/m0/s1. The van der Waals surface area contributed by atoms with Crippen LogP contribution in [0.25, 0.3) is 0 Å². The van der Waals surface area contributed by atoms with E-state index >= 15 is 0 Å². The summed E-state index contributed by atoms with van der Waals surface area (Å²) in [4.78, 5) is 34.7. The highest BCUT2D eigenvalue weighted by Crippen LogP contribution is 2.34. The summed E-state index contributed by atoms with van der Waals surface area (Å²) < 4.78 is 13.6. The van der Waals surface area contributed by atoms with Crippen molar-refractivity contribution >= 4 is 34.8 Å². The van der Waals surface area contributed by atoms with E-state index in [1.807, 2.05) is 4.90 Å². The Morgan fingerprint density at radius 1 is 1.43 bits per heavy atom. The van der Waals surface area contributed by atoms with Crippen molar-refractivity contribution in [3.63, 3.8) is 0 Å². The molecule has 1 amide bonds. The van der Waals surface area contributed by atoms with Crippen molar-refractivity contribution in [1.29, 1.82) is 0 Å². The highest BCUT2D eigenvalue weighted by Gasteiger charge is 2.46. The number of likely N-dealkylation sites (tertiary alicyclic amines) is 1. The predicted molar refractivity (Wildman–Crippen MR) is 84.7 cm³/mol. The first-order chi connectivity index (χ1) is 11.0. The molecule has 0 saturated carbocycles. The maximum absolute atomic E-state index is 13.6. The Morgan fingerprint density at radius 2 is 2.26 bits per heavy atom. The zero-order valence-electron chi connectivity index (χ0n) is 11.8. The monoisotopic (exact) mass is 354 g/mol. The number of nitrogens with zero attached hydrogens (tertiary/aromatic N) is 3. The Morgan fingerprint density at radius 3 is 2.87 bits per heavy atom. The average molecular weight is 355 g/mol. The van der Waals surface area contributed by atoms with Gasteiger partial charge in [-0.25, -0.2) is 9.37 Å². The maximum atomic E-state index is 13.6. The van der Waals surface area contributed by atoms with E-state index < -0.39 is 5.82 Å². The van der Waals surface area contributed by atoms with Crippen molar-refractivity contribution in [3.05, 3.63) is 43.7 Å². The molecule has 2 aromatic rings. The zero-order valence-corrected chi connectivity index (χ0v) is 13.4. The minimum Gasteiger partial charge on any atom is -0.335 e. The van der Waals surface area contributed by atoms with Crippen LogP contribution in [0.15, 0.2) is 22.4 Å². The van der Waals surface area contributed by atoms with E-state index in [4.69, 9.17) is 11.6 Å². The smallest absolute Gasteiger partial charge is 0.271 e. The van der Waals surface area contributed by atoms with Crippen molar-refractivity contribution in [2.24, 2.45) is 0 Å². The lowest BCUT2D eigenvalue weighted by Crippen LogP contribution is -2.49. The second-order valence-electron chi connectivity index (χ2n) is 5.63. The number of nitrogens with one attached hydrogen (secondary N) is 1. The number of hydrogen-bond acceptors (Lipinski definition) is 5. The number of H-pyrrole nitrogens is 1. The van der Waals surface area contributed by atoms with Gasteiger partial charge in [0.25, 0.3) is 11.5 Å². The van der Waals surface area contributed by atoms with Crippen LogP contribution in [0.1, 0.15) is 16.1 Å². The van der Waals surface area contributed by atoms with Gasteiger partial charge in [-0.2, -0.15) is 0 Å². The highest BCUT2D eigenvalue weighted by molar-refractivity contribution is 7.12. The summed E-state index contributed by atoms with van der Waals surface area (Å²) in [6.45, 7) is 1.06. The third-order valence-corrected chi connectivity index (χ3v) is 5.47. The predicted octanol–water partition coefficient (Wildman–Crippen LogP) is 1.73. The molecular formula is C14H12ClFN4O2S. The number of rotatable bonds is 2. The molecule has 2 aliphatic heterocycles. The van der Waals surface area contributed by atoms with Gasteiger partial charge in [-0.05, 0) is 17.9 Å². The van der Waals surface area contributed by atoms with Crippen molar-refractivity contribution < 1.29 is 9.18 Å². The largest absolute Gasteiger partial charge is 0.335 e. The summed E-state index contributed by atoms with van der Waals surface area (Å²) in [7, 11) is 0. The summed E-state index contributed by atoms with van der Waals surface area (Å²) in [5.74, 6) is -0.271. The van der Waals surface area contributed by atoms with Crippen LogP contribution in [0.5, 0.6) is 0 Å². The Hall–Kier alpha value is -1.93. The molecule has 2 bridgehead atoms. The van der Waals surface area contributed by atoms with Crippen LogP contribution in [0, 0.1) is 5.82 Å². The molecule has 0 aliphatic carbocycles. The van der Waals surface area contributed by atoms with Crippen LogP contribution in [-0.4, -0.2) is 45.9 Å². The molecule has 4 heterocycles. The van der Waals surface area contributed by atoms with E-state index in [9.17, 15) is 14.0 Å². The fourth-order valence-corrected chi connectivity index (χ4v) is 4.09. The fraction of sp³-hybridized carbons (Fsp3) is 0.357. The number of amides is 1. The van der Waals surface area contributed by atoms with Gasteiger partial charge in [0.1, 0.15) is 15.7 Å². The number of aromatic amines is 1. The summed E-state index contributed by atoms with van der Waals surface area (Å²) in [5.41, 5.74) is -0.381. The first-order valence-electron chi connectivity index (χ1n) is 7.10. The molecule has 4 rings (SSSR count). The molecule has 1 N–H and O–H groups in total. The molecule has 23 heavy (non-hydrogen) atoms. The topological polar surface area (TPSA) is 69.3 Å². The maximum Gasteiger partial charge on any atom is 0.271 e. The number of carbonyl (C=O) groups is 1. The number of piperazine rings is 1. The normalized spacial score (nSPS) is 22.9. The molecule has 120 valence electrons. The van der Waals surface area contributed by atoms with E-state index in [0.717, 1.165) is 17.8 Å². The van der Waals surface area contributed by atoms with Gasteiger partial charge in [-0.15, -0.1) is 11.3 Å². The molecule has 2 fully saturated rings. The van der Waals surface area contributed by atoms with E-state index in [1.54, 1.807) is 10.3 Å². The van der Waals surface area contributed by atoms with Gasteiger partial charge in [0.15, 0.2) is 0 Å². The van der Waals surface area contributed by atoms with Crippen molar-refractivity contribution in [2.45, 2.75) is 18.5 Å². The first kappa shape index (κ1) is 14.6. The summed E-state index contributed by atoms with van der Waals surface area (Å²) in [5, 5.41) is 1.62. The summed E-state index contributed by atoms with van der Waals surface area (Å²) >= 11 is 6.81. The average Bonchev–Trinajstić information content (AvgIpc) is 3.24. The van der Waals surface area contributed by atoms with E-state index in [0.29, 0.717) is 19.0 Å². The molecule has 2 aromatic heterocycles. The highest BCUT2D eigenvalue weighted by atomic mass is 35.5. The molecule has 0 unspecified atom stereocenters. The zero-order chi connectivity index (χ0) is 16.1. The van der Waals surface area contributed by atoms with Gasteiger partial charge in [0, 0.05) is 13.1 Å². The lowest BCUT2D eigenvalue weighted by molar-refractivity contribution is 0.0726. The van der Waals surface area contributed by atoms with E-state index in [-0.39, 0.29) is 33.4 Å². The van der Waals surface area contributed by atoms with E-state index in [1.165, 1.54) is 12.3 Å². The Labute approximate surface area is 139 Å². The van der Waals surface area contributed by atoms with Crippen molar-refractivity contribution in [3.8, 4) is 0 Å². The van der Waals surface area contributed by atoms with Gasteiger partial charge in [-0.1, -0.05) is 11.6 Å². The first-order valence-corrected chi connectivity index (χ1v) is 8.36. The van der Waals surface area contributed by atoms with Crippen molar-refractivity contribution in [1.82, 2.24) is 14.9 Å². The van der Waals surface area contributed by atoms with Gasteiger partial charge < -0.3 is 9.80 Å². The molecule has 0 radical (unpaired) electrons. The molecular weight excluding hydrogens is 343 g/mol. The SMILES string of the molecule is O=C(c1sccc1F)N1C[C@@H]2C[C@H]1CN2c1ncc(Cl)c(=O)[nH]1. The van der Waals surface area contributed by atoms with Crippen LogP contribution in [-0.2, 0) is 0 Å². The number of halogens is 2. The van der Waals surface area contributed by atoms with E-state index in [2.05, 4.69) is 9.97 Å². The van der Waals surface area contributed by atoms with Crippen LogP contribution in [0.3, 0.4) is 0 Å². The van der Waals surface area contributed by atoms with Gasteiger partial charge >= 0.3 is 0 Å². The molecule has 2 aliphatic rings. The van der Waals surface area contributed by atoms with Crippen molar-refractivity contribution in [2.75, 3.05) is 18.0 Å². The second kappa shape index (κ2) is 5.31. The number of fused-ring (bicyclic) bond motifs is 2. The second-order valence-corrected chi connectivity index (χ2v) is 6.96. The minimum atomic E-state index is -0.469. The molecule has 0 aromatic carbocycles. The summed E-state index contributed by atoms with van der Waals surface area (Å²) in [6.07, 6.45) is 2.11. The third-order valence-electron chi connectivity index (χ3n) is 4.33. The molecule has 2 saturated heterocycles. The Bertz CT molecular complexity index is 838. The number of anilines is 1. The van der Waals surface area contributed by atoms with Crippen LogP contribution in [0.2, 0.25) is 5.02 Å². The Kier molecular flexibility index (Phi) is 3.38. The van der Waals surface area contributed by atoms with Crippen LogP contribution >= 0.6 is 22.9 Å². The molecule has 2 atom stereocenters. The quantitative estimate of drug-likeness (QED) is 0.891. The Balaban J connectivity index is 1.54. The number of carbonyl (C=O) groups excluding carboxylic acids is 1. The lowest BCUT2D eigenvalue weighted by atomic mass is 10.2. The fourth-order valence-electron chi connectivity index (χ4n) is 3.27. The van der Waals surface area contributed by atoms with Gasteiger partial charge in [-0.3, -0.25) is 14.6 Å². The van der Waals surface area contributed by atoms with Crippen LogP contribution < -0.4 is 10.5 Å². The third kappa shape index (κ3) is 2.33. The molecule has 0 spiro atoms. The van der Waals surface area contributed by atoms with Crippen LogP contribution in [0.4, 0.5) is 10.3 Å². The lowest BCUT2D eigenvalue weighted by Gasteiger charge is -2.34. The number of thiophene rings is 1. The number of aromatic nitrogens is 2. The van der Waals surface area contributed by atoms with Gasteiger partial charge in [0.05, 0.1) is 18.3 Å². The molecule has 9 heteroatoms. The minimum absolute atomic E-state index is 0.00465. The van der Waals surface area contributed by atoms with Gasteiger partial charge in [0.2, 0.25) is 5.95 Å². The number of hydrogen-bond donors (Lipinski definition) is 1. The summed E-state index contributed by atoms with van der Waals surface area (Å²) in [6, 6.07) is 1.37.